The number of carbonyl (C=O) groups is 1. The van der Waals surface area contributed by atoms with Crippen LogP contribution in [0, 0.1) is 0 Å². The number of nitrogens with two attached hydrogens (primary N) is 1. The van der Waals surface area contributed by atoms with E-state index >= 15 is 0 Å². The lowest BCUT2D eigenvalue weighted by atomic mass is 9.96. The Kier molecular flexibility index (Phi) is 2.85. The summed E-state index contributed by atoms with van der Waals surface area (Å²) in [5, 5.41) is 0. The van der Waals surface area contributed by atoms with Crippen LogP contribution in [0.25, 0.3) is 0 Å². The first kappa shape index (κ1) is 9.96. The summed E-state index contributed by atoms with van der Waals surface area (Å²) in [6.07, 6.45) is 5.79. The lowest BCUT2D eigenvalue weighted by Gasteiger charge is -2.33. The molecule has 0 aromatic carbocycles. The van der Waals surface area contributed by atoms with Crippen LogP contribution in [-0.4, -0.2) is 22.8 Å². The van der Waals surface area contributed by atoms with Crippen LogP contribution in [-0.2, 0) is 4.79 Å². The van der Waals surface area contributed by atoms with E-state index in [0.29, 0.717) is 5.82 Å². The molecule has 1 saturated heterocycles. The third-order valence-corrected chi connectivity index (χ3v) is 2.91. The maximum atomic E-state index is 10.9. The molecule has 2 N–H and O–H groups in total. The van der Waals surface area contributed by atoms with Crippen molar-refractivity contribution in [3.8, 4) is 0 Å². The largest absolute Gasteiger partial charge is 0.383 e. The SMILES string of the molecule is Nc1ncccc1[C@@H]1CCCCN1C=O. The fourth-order valence-electron chi connectivity index (χ4n) is 2.13. The molecular formula is C11H15N3O. The summed E-state index contributed by atoms with van der Waals surface area (Å²) in [4.78, 5) is 16.8. The van der Waals surface area contributed by atoms with Gasteiger partial charge in [-0.3, -0.25) is 4.79 Å². The molecule has 1 fully saturated rings. The van der Waals surface area contributed by atoms with E-state index < -0.39 is 0 Å². The zero-order valence-corrected chi connectivity index (χ0v) is 8.60. The molecule has 0 unspecified atom stereocenters. The number of nitrogen functional groups attached to an aromatic ring is 1. The Labute approximate surface area is 89.1 Å². The average molecular weight is 205 g/mol. The highest BCUT2D eigenvalue weighted by Crippen LogP contribution is 2.31. The summed E-state index contributed by atoms with van der Waals surface area (Å²) in [5.41, 5.74) is 6.79. The van der Waals surface area contributed by atoms with E-state index in [1.54, 1.807) is 6.20 Å². The van der Waals surface area contributed by atoms with E-state index in [-0.39, 0.29) is 6.04 Å². The molecule has 4 nitrogen and oxygen atoms in total. The minimum Gasteiger partial charge on any atom is -0.383 e. The third-order valence-electron chi connectivity index (χ3n) is 2.91. The quantitative estimate of drug-likeness (QED) is 0.741. The fraction of sp³-hybridized carbons (Fsp3) is 0.455. The van der Waals surface area contributed by atoms with Gasteiger partial charge in [-0.25, -0.2) is 4.98 Å². The molecular weight excluding hydrogens is 190 g/mol. The highest BCUT2D eigenvalue weighted by molar-refractivity contribution is 5.51. The van der Waals surface area contributed by atoms with Crippen molar-refractivity contribution < 1.29 is 4.79 Å². The molecule has 0 radical (unpaired) electrons. The van der Waals surface area contributed by atoms with Gasteiger partial charge >= 0.3 is 0 Å². The molecule has 0 saturated carbocycles. The number of hydrogen-bond acceptors (Lipinski definition) is 3. The lowest BCUT2D eigenvalue weighted by molar-refractivity contribution is -0.121. The van der Waals surface area contributed by atoms with Gasteiger partial charge in [0.2, 0.25) is 6.41 Å². The number of nitrogens with zero attached hydrogens (tertiary/aromatic N) is 2. The molecule has 1 amide bonds. The van der Waals surface area contributed by atoms with Crippen LogP contribution in [0.2, 0.25) is 0 Å². The summed E-state index contributed by atoms with van der Waals surface area (Å²) >= 11 is 0. The highest BCUT2D eigenvalue weighted by Gasteiger charge is 2.24. The van der Waals surface area contributed by atoms with Crippen LogP contribution in [0.1, 0.15) is 30.9 Å². The van der Waals surface area contributed by atoms with Gasteiger partial charge in [-0.1, -0.05) is 6.07 Å². The molecule has 4 heteroatoms. The maximum Gasteiger partial charge on any atom is 0.210 e. The molecule has 0 bridgehead atoms. The zero-order chi connectivity index (χ0) is 10.7. The number of aromatic nitrogens is 1. The monoisotopic (exact) mass is 205 g/mol. The van der Waals surface area contributed by atoms with E-state index in [1.807, 2.05) is 17.0 Å². The van der Waals surface area contributed by atoms with E-state index in [2.05, 4.69) is 4.98 Å². The zero-order valence-electron chi connectivity index (χ0n) is 8.60. The first-order valence-corrected chi connectivity index (χ1v) is 5.24. The predicted octanol–water partition coefficient (Wildman–Crippen LogP) is 1.35. The molecule has 1 aliphatic heterocycles. The Morgan fingerprint density at radius 2 is 2.40 bits per heavy atom. The van der Waals surface area contributed by atoms with Gasteiger partial charge in [-0.2, -0.15) is 0 Å². The first-order valence-electron chi connectivity index (χ1n) is 5.24. The molecule has 0 spiro atoms. The van der Waals surface area contributed by atoms with Gasteiger partial charge < -0.3 is 10.6 Å². The number of carbonyl (C=O) groups excluding carboxylic acids is 1. The van der Waals surface area contributed by atoms with Crippen molar-refractivity contribution in [3.63, 3.8) is 0 Å². The predicted molar refractivity (Wildman–Crippen MR) is 58.0 cm³/mol. The standard InChI is InChI=1S/C11H15N3O/c12-11-9(4-3-6-13-11)10-5-1-2-7-14(10)8-15/h3-4,6,8,10H,1-2,5,7H2,(H2,12,13)/t10-/m0/s1. The van der Waals surface area contributed by atoms with Gasteiger partial charge in [0.15, 0.2) is 0 Å². The van der Waals surface area contributed by atoms with E-state index in [1.165, 1.54) is 0 Å². The topological polar surface area (TPSA) is 59.2 Å². The van der Waals surface area contributed by atoms with Crippen LogP contribution in [0.5, 0.6) is 0 Å². The van der Waals surface area contributed by atoms with Gasteiger partial charge in [0.1, 0.15) is 5.82 Å². The molecule has 1 atom stereocenters. The summed E-state index contributed by atoms with van der Waals surface area (Å²) in [5.74, 6) is 0.538. The number of piperidine rings is 1. The summed E-state index contributed by atoms with van der Waals surface area (Å²) < 4.78 is 0. The van der Waals surface area contributed by atoms with Crippen LogP contribution >= 0.6 is 0 Å². The normalized spacial score (nSPS) is 21.3. The Morgan fingerprint density at radius 1 is 1.53 bits per heavy atom. The Morgan fingerprint density at radius 3 is 3.13 bits per heavy atom. The second-order valence-electron chi connectivity index (χ2n) is 3.83. The van der Waals surface area contributed by atoms with Crippen molar-refractivity contribution in [2.75, 3.05) is 12.3 Å². The molecule has 1 aromatic heterocycles. The van der Waals surface area contributed by atoms with E-state index in [9.17, 15) is 4.79 Å². The second kappa shape index (κ2) is 4.29. The maximum absolute atomic E-state index is 10.9. The summed E-state index contributed by atoms with van der Waals surface area (Å²) in [6.45, 7) is 0.822. The molecule has 1 aromatic rings. The molecule has 0 aliphatic carbocycles. The second-order valence-corrected chi connectivity index (χ2v) is 3.83. The molecule has 15 heavy (non-hydrogen) atoms. The molecule has 2 heterocycles. The van der Waals surface area contributed by atoms with Crippen LogP contribution in [0.4, 0.5) is 5.82 Å². The fourth-order valence-corrected chi connectivity index (χ4v) is 2.13. The van der Waals surface area contributed by atoms with Gasteiger partial charge in [0.25, 0.3) is 0 Å². The first-order chi connectivity index (χ1) is 7.33. The lowest BCUT2D eigenvalue weighted by Crippen LogP contribution is -2.32. The van der Waals surface area contributed by atoms with Crippen molar-refractivity contribution in [3.05, 3.63) is 23.9 Å². The number of anilines is 1. The number of likely N-dealkylation sites (tertiary alicyclic amines) is 1. The third kappa shape index (κ3) is 1.93. The Balaban J connectivity index is 2.28. The van der Waals surface area contributed by atoms with Crippen LogP contribution in [0.15, 0.2) is 18.3 Å². The molecule has 80 valence electrons. The minimum absolute atomic E-state index is 0.116. The van der Waals surface area contributed by atoms with E-state index in [0.717, 1.165) is 37.8 Å². The number of hydrogen-bond donors (Lipinski definition) is 1. The van der Waals surface area contributed by atoms with Crippen molar-refractivity contribution in [1.82, 2.24) is 9.88 Å². The van der Waals surface area contributed by atoms with E-state index in [4.69, 9.17) is 5.73 Å². The Hall–Kier alpha value is -1.58. The van der Waals surface area contributed by atoms with Crippen LogP contribution < -0.4 is 5.73 Å². The van der Waals surface area contributed by atoms with Gasteiger partial charge in [-0.15, -0.1) is 0 Å². The van der Waals surface area contributed by atoms with Gasteiger partial charge in [0, 0.05) is 18.3 Å². The molecule has 1 aliphatic rings. The average Bonchev–Trinajstić information content (AvgIpc) is 2.30. The number of pyridine rings is 1. The minimum atomic E-state index is 0.116. The number of amides is 1. The van der Waals surface area contributed by atoms with Crippen LogP contribution in [0.3, 0.4) is 0 Å². The Bertz CT molecular complexity index is 353. The molecule has 2 rings (SSSR count). The number of rotatable bonds is 2. The highest BCUT2D eigenvalue weighted by atomic mass is 16.1. The van der Waals surface area contributed by atoms with Crippen molar-refractivity contribution in [2.24, 2.45) is 0 Å². The van der Waals surface area contributed by atoms with Gasteiger partial charge in [0.05, 0.1) is 6.04 Å². The summed E-state index contributed by atoms with van der Waals surface area (Å²) in [7, 11) is 0. The van der Waals surface area contributed by atoms with Crippen molar-refractivity contribution in [2.45, 2.75) is 25.3 Å². The van der Waals surface area contributed by atoms with Crippen molar-refractivity contribution in [1.29, 1.82) is 0 Å². The van der Waals surface area contributed by atoms with Gasteiger partial charge in [-0.05, 0) is 25.3 Å². The van der Waals surface area contributed by atoms with Crippen molar-refractivity contribution >= 4 is 12.2 Å². The smallest absolute Gasteiger partial charge is 0.210 e. The summed E-state index contributed by atoms with van der Waals surface area (Å²) in [6, 6.07) is 3.93.